The summed E-state index contributed by atoms with van der Waals surface area (Å²) >= 11 is 1.48. The van der Waals surface area contributed by atoms with E-state index in [-0.39, 0.29) is 11.5 Å². The van der Waals surface area contributed by atoms with E-state index in [4.69, 9.17) is 4.74 Å². The van der Waals surface area contributed by atoms with E-state index < -0.39 is 0 Å². The number of ether oxygens (including phenoxy) is 1. The van der Waals surface area contributed by atoms with Gasteiger partial charge in [0.15, 0.2) is 0 Å². The van der Waals surface area contributed by atoms with E-state index in [1.807, 2.05) is 42.5 Å². The van der Waals surface area contributed by atoms with E-state index in [0.717, 1.165) is 23.4 Å². The maximum Gasteiger partial charge on any atom is 0.270 e. The zero-order valence-corrected chi connectivity index (χ0v) is 15.4. The normalized spacial score (nSPS) is 14.8. The maximum absolute atomic E-state index is 12.6. The monoisotopic (exact) mass is 364 g/mol. The molecule has 1 aromatic heterocycles. The lowest BCUT2D eigenvalue weighted by molar-refractivity contribution is 0.000144. The van der Waals surface area contributed by atoms with Crippen LogP contribution in [0.5, 0.6) is 0 Å². The number of hydrogen-bond acceptors (Lipinski definition) is 4. The van der Waals surface area contributed by atoms with Gasteiger partial charge in [0.1, 0.15) is 10.7 Å². The molecule has 0 fully saturated rings. The topological polar surface area (TPSA) is 51.2 Å². The van der Waals surface area contributed by atoms with E-state index in [9.17, 15) is 4.79 Å². The van der Waals surface area contributed by atoms with Gasteiger partial charge < -0.3 is 10.1 Å². The molecule has 26 heavy (non-hydrogen) atoms. The highest BCUT2D eigenvalue weighted by molar-refractivity contribution is 7.13. The number of fused-ring (bicyclic) bond motifs is 1. The average Bonchev–Trinajstić information content (AvgIpc) is 3.32. The molecule has 0 saturated heterocycles. The van der Waals surface area contributed by atoms with Crippen molar-refractivity contribution in [1.82, 2.24) is 10.3 Å². The Labute approximate surface area is 156 Å². The number of aromatic nitrogens is 1. The SMILES string of the molecule is COC1(CNC(=O)c2csc(-c3ccccc3)n2)Cc2ccccc2C1. The number of nitrogens with one attached hydrogen (secondary N) is 1. The minimum absolute atomic E-state index is 0.157. The van der Waals surface area contributed by atoms with Crippen molar-refractivity contribution in [2.75, 3.05) is 13.7 Å². The molecule has 1 N–H and O–H groups in total. The van der Waals surface area contributed by atoms with E-state index in [0.29, 0.717) is 12.2 Å². The van der Waals surface area contributed by atoms with Crippen molar-refractivity contribution in [2.45, 2.75) is 18.4 Å². The molecular weight excluding hydrogens is 344 g/mol. The molecule has 1 aliphatic rings. The van der Waals surface area contributed by atoms with E-state index >= 15 is 0 Å². The summed E-state index contributed by atoms with van der Waals surface area (Å²) in [4.78, 5) is 17.0. The first-order chi connectivity index (χ1) is 12.7. The molecule has 4 nitrogen and oxygen atoms in total. The quantitative estimate of drug-likeness (QED) is 0.751. The number of benzene rings is 2. The van der Waals surface area contributed by atoms with Crippen molar-refractivity contribution >= 4 is 17.2 Å². The van der Waals surface area contributed by atoms with Crippen LogP contribution in [0.25, 0.3) is 10.6 Å². The van der Waals surface area contributed by atoms with E-state index in [1.54, 1.807) is 12.5 Å². The fourth-order valence-corrected chi connectivity index (χ4v) is 4.23. The van der Waals surface area contributed by atoms with Crippen molar-refractivity contribution < 1.29 is 9.53 Å². The van der Waals surface area contributed by atoms with Crippen molar-refractivity contribution in [3.63, 3.8) is 0 Å². The molecule has 1 aliphatic carbocycles. The van der Waals surface area contributed by atoms with Gasteiger partial charge >= 0.3 is 0 Å². The molecule has 2 aromatic carbocycles. The Morgan fingerprint density at radius 2 is 1.77 bits per heavy atom. The number of carbonyl (C=O) groups excluding carboxylic acids is 1. The van der Waals surface area contributed by atoms with Crippen LogP contribution in [0.2, 0.25) is 0 Å². The molecule has 4 rings (SSSR count). The first kappa shape index (κ1) is 16.9. The van der Waals surface area contributed by atoms with Gasteiger partial charge in [-0.15, -0.1) is 11.3 Å². The third-order valence-electron chi connectivity index (χ3n) is 4.91. The van der Waals surface area contributed by atoms with Gasteiger partial charge in [-0.2, -0.15) is 0 Å². The lowest BCUT2D eigenvalue weighted by Crippen LogP contribution is -2.45. The van der Waals surface area contributed by atoms with Crippen molar-refractivity contribution in [2.24, 2.45) is 0 Å². The molecular formula is C21H20N2O2S. The van der Waals surface area contributed by atoms with Crippen LogP contribution in [0.4, 0.5) is 0 Å². The fraction of sp³-hybridized carbons (Fsp3) is 0.238. The zero-order chi connectivity index (χ0) is 18.0. The van der Waals surface area contributed by atoms with Crippen LogP contribution in [0.1, 0.15) is 21.6 Å². The number of thiazole rings is 1. The Bertz CT molecular complexity index is 896. The minimum atomic E-state index is -0.377. The van der Waals surface area contributed by atoms with E-state index in [1.165, 1.54) is 22.5 Å². The number of rotatable bonds is 5. The van der Waals surface area contributed by atoms with Gasteiger partial charge in [-0.1, -0.05) is 54.6 Å². The largest absolute Gasteiger partial charge is 0.376 e. The molecule has 1 heterocycles. The molecule has 5 heteroatoms. The molecule has 1 amide bonds. The van der Waals surface area contributed by atoms with Crippen molar-refractivity contribution in [1.29, 1.82) is 0 Å². The molecule has 0 saturated carbocycles. The number of hydrogen-bond donors (Lipinski definition) is 1. The highest BCUT2D eigenvalue weighted by Gasteiger charge is 2.37. The van der Waals surface area contributed by atoms with Gasteiger partial charge in [-0.05, 0) is 11.1 Å². The molecule has 0 spiro atoms. The van der Waals surface area contributed by atoms with Gasteiger partial charge in [0, 0.05) is 37.4 Å². The number of nitrogens with zero attached hydrogens (tertiary/aromatic N) is 1. The van der Waals surface area contributed by atoms with Crippen molar-refractivity contribution in [3.8, 4) is 10.6 Å². The number of amides is 1. The van der Waals surface area contributed by atoms with E-state index in [2.05, 4.69) is 22.4 Å². The average molecular weight is 364 g/mol. The fourth-order valence-electron chi connectivity index (χ4n) is 3.42. The Balaban J connectivity index is 1.44. The highest BCUT2D eigenvalue weighted by atomic mass is 32.1. The summed E-state index contributed by atoms with van der Waals surface area (Å²) in [5.41, 5.74) is 3.69. The van der Waals surface area contributed by atoms with Crippen LogP contribution < -0.4 is 5.32 Å². The molecule has 0 radical (unpaired) electrons. The Morgan fingerprint density at radius 1 is 1.12 bits per heavy atom. The smallest absolute Gasteiger partial charge is 0.270 e. The molecule has 132 valence electrons. The predicted octanol–water partition coefficient (Wildman–Crippen LogP) is 3.72. The lowest BCUT2D eigenvalue weighted by atomic mass is 10.00. The molecule has 0 aliphatic heterocycles. The van der Waals surface area contributed by atoms with Crippen molar-refractivity contribution in [3.05, 3.63) is 76.8 Å². The molecule has 3 aromatic rings. The van der Waals surface area contributed by atoms with Crippen LogP contribution in [0, 0.1) is 0 Å². The maximum atomic E-state index is 12.6. The zero-order valence-electron chi connectivity index (χ0n) is 14.6. The van der Waals surface area contributed by atoms with Crippen LogP contribution >= 0.6 is 11.3 Å². The second kappa shape index (κ2) is 7.02. The van der Waals surface area contributed by atoms with Crippen LogP contribution in [-0.2, 0) is 17.6 Å². The lowest BCUT2D eigenvalue weighted by Gasteiger charge is -2.27. The van der Waals surface area contributed by atoms with Crippen LogP contribution in [-0.4, -0.2) is 30.1 Å². The second-order valence-corrected chi connectivity index (χ2v) is 7.45. The summed E-state index contributed by atoms with van der Waals surface area (Å²) in [6.07, 6.45) is 1.62. The van der Waals surface area contributed by atoms with Gasteiger partial charge in [0.2, 0.25) is 0 Å². The summed E-state index contributed by atoms with van der Waals surface area (Å²) in [5.74, 6) is -0.157. The molecule has 0 atom stereocenters. The van der Waals surface area contributed by atoms with Gasteiger partial charge in [0.25, 0.3) is 5.91 Å². The Hall–Kier alpha value is -2.50. The van der Waals surface area contributed by atoms with Gasteiger partial charge in [-0.3, -0.25) is 4.79 Å². The van der Waals surface area contributed by atoms with Gasteiger partial charge in [-0.25, -0.2) is 4.98 Å². The summed E-state index contributed by atoms with van der Waals surface area (Å²) < 4.78 is 5.81. The van der Waals surface area contributed by atoms with Crippen LogP contribution in [0.3, 0.4) is 0 Å². The predicted molar refractivity (Wildman–Crippen MR) is 103 cm³/mol. The first-order valence-corrected chi connectivity index (χ1v) is 9.48. The van der Waals surface area contributed by atoms with Gasteiger partial charge in [0.05, 0.1) is 5.60 Å². The summed E-state index contributed by atoms with van der Waals surface area (Å²) in [5, 5.41) is 5.67. The van der Waals surface area contributed by atoms with Crippen LogP contribution in [0.15, 0.2) is 60.0 Å². The summed E-state index contributed by atoms with van der Waals surface area (Å²) in [6, 6.07) is 18.2. The molecule has 0 bridgehead atoms. The first-order valence-electron chi connectivity index (χ1n) is 8.60. The highest BCUT2D eigenvalue weighted by Crippen LogP contribution is 2.32. The minimum Gasteiger partial charge on any atom is -0.376 e. The Kier molecular flexibility index (Phi) is 4.57. The second-order valence-electron chi connectivity index (χ2n) is 6.60. The third kappa shape index (κ3) is 3.28. The Morgan fingerprint density at radius 3 is 2.42 bits per heavy atom. The molecule has 0 unspecified atom stereocenters. The third-order valence-corrected chi connectivity index (χ3v) is 5.80. The summed E-state index contributed by atoms with van der Waals surface area (Å²) in [7, 11) is 1.72. The summed E-state index contributed by atoms with van der Waals surface area (Å²) in [6.45, 7) is 0.467. The number of methoxy groups -OCH3 is 1. The standard InChI is InChI=1S/C21H20N2O2S/c1-25-21(11-16-9-5-6-10-17(16)12-21)14-22-19(24)18-13-26-20(23-18)15-7-3-2-4-8-15/h2-10,13H,11-12,14H2,1H3,(H,22,24). The number of carbonyl (C=O) groups is 1.